The molecule has 1 N–H and O–H groups in total. The number of nitrogens with zero attached hydrogens (tertiary/aromatic N) is 1. The Hall–Kier alpha value is -1.74. The molecule has 0 spiro atoms. The molecule has 0 aliphatic carbocycles. The van der Waals surface area contributed by atoms with Crippen molar-refractivity contribution in [3.63, 3.8) is 0 Å². The summed E-state index contributed by atoms with van der Waals surface area (Å²) in [6.07, 6.45) is 0. The summed E-state index contributed by atoms with van der Waals surface area (Å²) in [6.45, 7) is 11.4. The van der Waals surface area contributed by atoms with Gasteiger partial charge in [-0.1, -0.05) is 44.0 Å². The third-order valence-corrected chi connectivity index (χ3v) is 11.0. The van der Waals surface area contributed by atoms with Crippen LogP contribution in [0.3, 0.4) is 0 Å². The molecule has 0 aliphatic rings. The van der Waals surface area contributed by atoms with E-state index >= 15 is 0 Å². The van der Waals surface area contributed by atoms with Crippen LogP contribution in [0.5, 0.6) is 5.75 Å². The number of methoxy groups -OCH3 is 1. The van der Waals surface area contributed by atoms with Gasteiger partial charge in [0.15, 0.2) is 14.9 Å². The first-order valence-corrected chi connectivity index (χ1v) is 13.6. The van der Waals surface area contributed by atoms with Gasteiger partial charge in [0.2, 0.25) is 0 Å². The zero-order chi connectivity index (χ0) is 23.6. The first-order valence-electron chi connectivity index (χ1n) is 9.89. The predicted octanol–water partition coefficient (Wildman–Crippen LogP) is 4.79. The molecule has 2 aromatic rings. The van der Waals surface area contributed by atoms with Crippen molar-refractivity contribution in [1.82, 2.24) is 9.88 Å². The van der Waals surface area contributed by atoms with E-state index in [1.54, 1.807) is 23.7 Å². The number of aromatic nitrogens is 1. The molecule has 0 atom stereocenters. The van der Waals surface area contributed by atoms with Crippen LogP contribution in [0.2, 0.25) is 28.2 Å². The van der Waals surface area contributed by atoms with Gasteiger partial charge in [-0.15, -0.1) is 0 Å². The maximum atomic E-state index is 12.2. The fourth-order valence-electron chi connectivity index (χ4n) is 2.70. The van der Waals surface area contributed by atoms with Gasteiger partial charge in [-0.2, -0.15) is 0 Å². The zero-order valence-corrected chi connectivity index (χ0v) is 21.5. The van der Waals surface area contributed by atoms with Gasteiger partial charge >= 0.3 is 5.97 Å². The summed E-state index contributed by atoms with van der Waals surface area (Å²) in [7, 11) is 1.16. The second-order valence-electron chi connectivity index (χ2n) is 8.76. The van der Waals surface area contributed by atoms with Crippen LogP contribution in [0, 0.1) is 0 Å². The molecule has 10 heteroatoms. The molecule has 0 fully saturated rings. The molecule has 2 rings (SSSR count). The fraction of sp³-hybridized carbons (Fsp3) is 0.524. The number of nitrogens with one attached hydrogen (secondary N) is 1. The summed E-state index contributed by atoms with van der Waals surface area (Å²) in [6, 6.07) is 3.25. The van der Waals surface area contributed by atoms with Crippen molar-refractivity contribution >= 4 is 54.3 Å². The number of hydrogen-bond donors (Lipinski definition) is 1. The molecule has 1 heterocycles. The van der Waals surface area contributed by atoms with Crippen molar-refractivity contribution in [3.05, 3.63) is 27.9 Å². The number of halogens is 2. The summed E-state index contributed by atoms with van der Waals surface area (Å²) in [4.78, 5) is 24.1. The molecule has 0 bridgehead atoms. The third kappa shape index (κ3) is 5.74. The number of aryl methyl sites for hydroxylation is 1. The van der Waals surface area contributed by atoms with Crippen molar-refractivity contribution in [2.45, 2.75) is 38.9 Å². The van der Waals surface area contributed by atoms with Crippen molar-refractivity contribution in [1.29, 1.82) is 0 Å². The Morgan fingerprint density at radius 3 is 2.39 bits per heavy atom. The zero-order valence-electron chi connectivity index (χ0n) is 19.0. The second-order valence-corrected chi connectivity index (χ2v) is 14.3. The van der Waals surface area contributed by atoms with Crippen LogP contribution >= 0.6 is 23.2 Å². The molecule has 172 valence electrons. The van der Waals surface area contributed by atoms with Gasteiger partial charge in [-0.25, -0.2) is 4.79 Å². The lowest BCUT2D eigenvalue weighted by Crippen LogP contribution is -2.43. The molecule has 0 aliphatic heterocycles. The molecule has 1 amide bonds. The van der Waals surface area contributed by atoms with E-state index in [2.05, 4.69) is 39.2 Å². The molecule has 0 radical (unpaired) electrons. The average Bonchev–Trinajstić information content (AvgIpc) is 3.02. The minimum atomic E-state index is -1.85. The molecular weight excluding hydrogens is 459 g/mol. The van der Waals surface area contributed by atoms with Crippen molar-refractivity contribution in [3.8, 4) is 5.75 Å². The third-order valence-electron chi connectivity index (χ3n) is 5.64. The minimum Gasteiger partial charge on any atom is -0.482 e. The van der Waals surface area contributed by atoms with Crippen LogP contribution in [0.15, 0.2) is 12.1 Å². The van der Waals surface area contributed by atoms with Crippen LogP contribution in [-0.2, 0) is 21.0 Å². The number of carbonyl (C=O) groups is 2. The molecule has 31 heavy (non-hydrogen) atoms. The van der Waals surface area contributed by atoms with Crippen LogP contribution in [0.1, 0.15) is 31.3 Å². The van der Waals surface area contributed by atoms with Crippen molar-refractivity contribution in [2.24, 2.45) is 7.05 Å². The van der Waals surface area contributed by atoms with Crippen LogP contribution in [0.25, 0.3) is 10.9 Å². The van der Waals surface area contributed by atoms with Crippen molar-refractivity contribution in [2.75, 3.05) is 26.9 Å². The van der Waals surface area contributed by atoms with Gasteiger partial charge in [0.05, 0.1) is 24.3 Å². The number of carbonyl (C=O) groups excluding carboxylic acids is 2. The van der Waals surface area contributed by atoms with E-state index < -0.39 is 14.3 Å². The Kier molecular flexibility index (Phi) is 8.08. The van der Waals surface area contributed by atoms with E-state index in [9.17, 15) is 9.59 Å². The lowest BCUT2D eigenvalue weighted by Gasteiger charge is -2.36. The van der Waals surface area contributed by atoms with Gasteiger partial charge in [-0.05, 0) is 24.2 Å². The van der Waals surface area contributed by atoms with E-state index in [-0.39, 0.29) is 33.3 Å². The number of benzene rings is 1. The van der Waals surface area contributed by atoms with Gasteiger partial charge in [0.25, 0.3) is 5.91 Å². The Labute approximate surface area is 194 Å². The van der Waals surface area contributed by atoms with Gasteiger partial charge in [-0.3, -0.25) is 4.79 Å². The van der Waals surface area contributed by atoms with E-state index in [1.165, 1.54) is 7.11 Å². The largest absolute Gasteiger partial charge is 0.482 e. The fourth-order valence-corrected chi connectivity index (χ4v) is 4.20. The highest BCUT2D eigenvalue weighted by Gasteiger charge is 2.36. The van der Waals surface area contributed by atoms with Gasteiger partial charge < -0.3 is 23.8 Å². The molecule has 1 aromatic carbocycles. The van der Waals surface area contributed by atoms with E-state index in [1.807, 2.05) is 0 Å². The van der Waals surface area contributed by atoms with E-state index in [4.69, 9.17) is 37.1 Å². The number of rotatable bonds is 8. The highest BCUT2D eigenvalue weighted by Crippen LogP contribution is 2.40. The molecule has 0 unspecified atom stereocenters. The maximum Gasteiger partial charge on any atom is 0.354 e. The van der Waals surface area contributed by atoms with Gasteiger partial charge in [0, 0.05) is 25.0 Å². The second kappa shape index (κ2) is 9.81. The SMILES string of the molecule is COC(=O)c1cc2c(Cl)c(Cl)c(OCC(=O)NCCO[Si](C)(C)C(C)(C)C)cc2n1C. The minimum absolute atomic E-state index is 0.111. The standard InChI is InChI=1S/C21H30Cl2N2O5Si/c1-21(2,3)31(6,7)30-9-8-24-17(26)12-29-16-11-14-13(18(22)19(16)23)10-15(25(14)4)20(27)28-5/h10-11H,8-9,12H2,1-7H3,(H,24,26). The lowest BCUT2D eigenvalue weighted by atomic mass is 10.2. The summed E-state index contributed by atoms with van der Waals surface area (Å²) in [5, 5.41) is 3.89. The summed E-state index contributed by atoms with van der Waals surface area (Å²) in [5.41, 5.74) is 0.958. The number of hydrogen-bond acceptors (Lipinski definition) is 5. The average molecular weight is 489 g/mol. The summed E-state index contributed by atoms with van der Waals surface area (Å²) < 4.78 is 18.1. The van der Waals surface area contributed by atoms with Gasteiger partial charge in [0.1, 0.15) is 16.5 Å². The Morgan fingerprint density at radius 2 is 1.81 bits per heavy atom. The maximum absolute atomic E-state index is 12.2. The van der Waals surface area contributed by atoms with Crippen molar-refractivity contribution < 1.29 is 23.5 Å². The molecule has 7 nitrogen and oxygen atoms in total. The van der Waals surface area contributed by atoms with E-state index in [0.29, 0.717) is 29.7 Å². The molecule has 1 aromatic heterocycles. The Balaban J connectivity index is 2.01. The first-order chi connectivity index (χ1) is 14.3. The molecule has 0 saturated carbocycles. The number of fused-ring (bicyclic) bond motifs is 1. The van der Waals surface area contributed by atoms with Crippen LogP contribution < -0.4 is 10.1 Å². The van der Waals surface area contributed by atoms with Crippen LogP contribution in [0.4, 0.5) is 0 Å². The Morgan fingerprint density at radius 1 is 1.16 bits per heavy atom. The number of amides is 1. The Bertz CT molecular complexity index is 983. The number of ether oxygens (including phenoxy) is 2. The highest BCUT2D eigenvalue weighted by atomic mass is 35.5. The smallest absolute Gasteiger partial charge is 0.354 e. The predicted molar refractivity (Wildman–Crippen MR) is 126 cm³/mol. The topological polar surface area (TPSA) is 78.8 Å². The quantitative estimate of drug-likeness (QED) is 0.328. The highest BCUT2D eigenvalue weighted by molar-refractivity contribution is 6.74. The number of esters is 1. The summed E-state index contributed by atoms with van der Waals surface area (Å²) in [5.74, 6) is -0.537. The van der Waals surface area contributed by atoms with E-state index in [0.717, 1.165) is 0 Å². The molecule has 0 saturated heterocycles. The lowest BCUT2D eigenvalue weighted by molar-refractivity contribution is -0.123. The van der Waals surface area contributed by atoms with Crippen LogP contribution in [-0.4, -0.2) is 51.6 Å². The normalized spacial score (nSPS) is 12.2. The summed E-state index contributed by atoms with van der Waals surface area (Å²) >= 11 is 12.7. The molecular formula is C21H30Cl2N2O5Si. The first kappa shape index (κ1) is 25.5. The monoisotopic (exact) mass is 488 g/mol.